The van der Waals surface area contributed by atoms with Crippen molar-refractivity contribution in [3.8, 4) is 11.4 Å². The summed E-state index contributed by atoms with van der Waals surface area (Å²) in [6.45, 7) is 10.2. The molecule has 6 rings (SSSR count). The van der Waals surface area contributed by atoms with Gasteiger partial charge >= 0.3 is 18.2 Å². The minimum absolute atomic E-state index is 0.0573. The molecule has 0 aliphatic carbocycles. The lowest BCUT2D eigenvalue weighted by Gasteiger charge is -2.42. The SMILES string of the molecule is CC(C)[C@H](NC(=O)CCCCCN1C(=O)C=CC1=O)C(=O)C[C@@H](CCCNC(N)=O)C(=O)Nc1ccc(COC(=O)NCCCN(C(=O)N2CCC[C@H]2CO)[C@@H](c2nc(-c3cc(F)ccc3F)nn2Cc2ccccc2)C(C)(C)C)cc1. The minimum Gasteiger partial charge on any atom is -0.445 e. The third-order valence-corrected chi connectivity index (χ3v) is 14.3. The van der Waals surface area contributed by atoms with Crippen LogP contribution >= 0.6 is 0 Å². The standard InChI is InChI=1S/C59H77F2N11O10/c1-38(2)51(66-48(75)19-10-7-11-30-70-49(76)26-27-50(70)77)47(74)33-41(17-12-28-63-56(62)79)55(78)65-43-23-20-40(21-24-43)37-82-57(80)64-29-14-32-71(58(81)69-31-13-18-44(69)36-73)52(59(3,4)5)54-67-53(45-34-42(60)22-25-46(45)61)68-72(54)35-39-15-8-6-9-16-39/h6,8-9,15-16,20-27,34,38,41,44,51-52,73H,7,10-14,17-19,28-33,35-37H2,1-5H3,(H,64,80)(H,65,78)(H,66,75)(H3,62,63,79)/t41-,44+,51+,52+/m1/s1. The van der Waals surface area contributed by atoms with Crippen LogP contribution < -0.4 is 27.0 Å². The molecule has 1 aromatic heterocycles. The molecule has 7 N–H and O–H groups in total. The molecule has 0 radical (unpaired) electrons. The number of hydrogen-bond donors (Lipinski definition) is 6. The molecule has 442 valence electrons. The Bertz CT molecular complexity index is 2880. The van der Waals surface area contributed by atoms with E-state index in [1.165, 1.54) is 12.2 Å². The number of Topliss-reactive ketones (excluding diaryl/α,β-unsaturated/α-hetero) is 1. The number of aromatic nitrogens is 3. The highest BCUT2D eigenvalue weighted by Gasteiger charge is 2.42. The number of nitrogens with zero attached hydrogens (tertiary/aromatic N) is 6. The molecule has 1 fully saturated rings. The van der Waals surface area contributed by atoms with E-state index in [4.69, 9.17) is 20.6 Å². The number of halogens is 2. The molecule has 0 saturated carbocycles. The molecule has 9 amide bonds. The average Bonchev–Trinajstić information content (AvgIpc) is 4.37. The zero-order valence-electron chi connectivity index (χ0n) is 47.3. The van der Waals surface area contributed by atoms with Gasteiger partial charge in [0, 0.05) is 69.3 Å². The van der Waals surface area contributed by atoms with Gasteiger partial charge in [0.05, 0.1) is 36.8 Å². The molecule has 21 nitrogen and oxygen atoms in total. The van der Waals surface area contributed by atoms with E-state index in [2.05, 4.69) is 21.3 Å². The molecule has 1 saturated heterocycles. The number of nitrogens with two attached hydrogens (primary N) is 1. The number of likely N-dealkylation sites (tertiary alicyclic amines) is 1. The summed E-state index contributed by atoms with van der Waals surface area (Å²) < 4.78 is 37.0. The molecule has 3 aromatic carbocycles. The van der Waals surface area contributed by atoms with Crippen LogP contribution in [-0.4, -0.2) is 134 Å². The van der Waals surface area contributed by atoms with Gasteiger partial charge in [0.1, 0.15) is 18.2 Å². The van der Waals surface area contributed by atoms with Gasteiger partial charge in [-0.1, -0.05) is 83.5 Å². The third kappa shape index (κ3) is 18.2. The minimum atomic E-state index is -0.878. The summed E-state index contributed by atoms with van der Waals surface area (Å²) in [5.74, 6) is -4.13. The van der Waals surface area contributed by atoms with Gasteiger partial charge in [-0.2, -0.15) is 5.10 Å². The topological polar surface area (TPSA) is 281 Å². The van der Waals surface area contributed by atoms with Crippen LogP contribution in [0.1, 0.15) is 122 Å². The van der Waals surface area contributed by atoms with Crippen molar-refractivity contribution in [2.75, 3.05) is 44.6 Å². The van der Waals surface area contributed by atoms with Crippen LogP contribution in [-0.2, 0) is 41.9 Å². The zero-order valence-corrected chi connectivity index (χ0v) is 47.3. The van der Waals surface area contributed by atoms with Crippen molar-refractivity contribution in [2.45, 2.75) is 130 Å². The van der Waals surface area contributed by atoms with E-state index < -0.39 is 59.1 Å². The van der Waals surface area contributed by atoms with Gasteiger partial charge in [-0.15, -0.1) is 0 Å². The van der Waals surface area contributed by atoms with Gasteiger partial charge in [-0.3, -0.25) is 28.9 Å². The third-order valence-electron chi connectivity index (χ3n) is 14.3. The summed E-state index contributed by atoms with van der Waals surface area (Å²) in [7, 11) is 0. The summed E-state index contributed by atoms with van der Waals surface area (Å²) in [5.41, 5.74) is 6.22. The Hall–Kier alpha value is -8.08. The number of ether oxygens (including phenoxy) is 1. The van der Waals surface area contributed by atoms with E-state index >= 15 is 4.39 Å². The van der Waals surface area contributed by atoms with Gasteiger partial charge in [-0.25, -0.2) is 32.8 Å². The molecular formula is C59H77F2N11O10. The predicted molar refractivity (Wildman–Crippen MR) is 301 cm³/mol. The molecule has 4 aromatic rings. The van der Waals surface area contributed by atoms with Crippen LogP contribution in [0.25, 0.3) is 11.4 Å². The number of unbranched alkanes of at least 4 members (excludes halogenated alkanes) is 2. The first kappa shape index (κ1) is 63.1. The van der Waals surface area contributed by atoms with Crippen molar-refractivity contribution in [1.82, 2.24) is 45.4 Å². The number of carbonyl (C=O) groups excluding carboxylic acids is 8. The Morgan fingerprint density at radius 2 is 1.59 bits per heavy atom. The van der Waals surface area contributed by atoms with Crippen molar-refractivity contribution in [2.24, 2.45) is 23.0 Å². The number of primary amides is 1. The quantitative estimate of drug-likeness (QED) is 0.0234. The summed E-state index contributed by atoms with van der Waals surface area (Å²) in [4.78, 5) is 113. The smallest absolute Gasteiger partial charge is 0.407 e. The number of aliphatic hydroxyl groups is 1. The normalized spacial score (nSPS) is 15.3. The number of hydrogen-bond acceptors (Lipinski definition) is 12. The number of aliphatic hydroxyl groups excluding tert-OH is 1. The van der Waals surface area contributed by atoms with E-state index in [0.717, 1.165) is 28.7 Å². The summed E-state index contributed by atoms with van der Waals surface area (Å²) in [6, 6.07) is 15.8. The molecule has 0 unspecified atom stereocenters. The number of imide groups is 1. The van der Waals surface area contributed by atoms with E-state index in [-0.39, 0.29) is 118 Å². The molecule has 2 aliphatic heterocycles. The highest BCUT2D eigenvalue weighted by Crippen LogP contribution is 2.40. The maximum Gasteiger partial charge on any atom is 0.407 e. The van der Waals surface area contributed by atoms with Gasteiger partial charge < -0.3 is 46.6 Å². The second-order valence-electron chi connectivity index (χ2n) is 22.1. The first-order valence-electron chi connectivity index (χ1n) is 27.9. The van der Waals surface area contributed by atoms with Crippen LogP contribution in [0.4, 0.5) is 28.9 Å². The molecule has 23 heteroatoms. The maximum absolute atomic E-state index is 15.3. The van der Waals surface area contributed by atoms with Crippen LogP contribution in [0, 0.1) is 28.9 Å². The summed E-state index contributed by atoms with van der Waals surface area (Å²) in [5, 5.41) is 25.9. The number of benzene rings is 3. The van der Waals surface area contributed by atoms with Crippen LogP contribution in [0.3, 0.4) is 0 Å². The number of nitrogens with one attached hydrogen (secondary N) is 4. The largest absolute Gasteiger partial charge is 0.445 e. The predicted octanol–water partition coefficient (Wildman–Crippen LogP) is 7.14. The Morgan fingerprint density at radius 3 is 2.26 bits per heavy atom. The van der Waals surface area contributed by atoms with Gasteiger partial charge in [-0.05, 0) is 97.7 Å². The monoisotopic (exact) mass is 1140 g/mol. The number of urea groups is 2. The summed E-state index contributed by atoms with van der Waals surface area (Å²) in [6.07, 6.45) is 5.30. The molecule has 82 heavy (non-hydrogen) atoms. The van der Waals surface area contributed by atoms with Gasteiger partial charge in [0.2, 0.25) is 11.8 Å². The lowest BCUT2D eigenvalue weighted by molar-refractivity contribution is -0.137. The summed E-state index contributed by atoms with van der Waals surface area (Å²) >= 11 is 0. The van der Waals surface area contributed by atoms with E-state index in [9.17, 15) is 47.9 Å². The van der Waals surface area contributed by atoms with Crippen LogP contribution in [0.5, 0.6) is 0 Å². The first-order valence-corrected chi connectivity index (χ1v) is 27.9. The Labute approximate surface area is 476 Å². The fraction of sp³-hybridized carbons (Fsp3) is 0.492. The molecule has 0 bridgehead atoms. The number of rotatable bonds is 29. The number of ketones is 1. The van der Waals surface area contributed by atoms with Crippen molar-refractivity contribution >= 4 is 53.3 Å². The van der Waals surface area contributed by atoms with Gasteiger partial charge in [0.15, 0.2) is 17.4 Å². The van der Waals surface area contributed by atoms with Crippen molar-refractivity contribution in [1.29, 1.82) is 0 Å². The lowest BCUT2D eigenvalue weighted by Crippen LogP contribution is -2.51. The second kappa shape index (κ2) is 30.1. The van der Waals surface area contributed by atoms with E-state index in [1.807, 2.05) is 51.1 Å². The van der Waals surface area contributed by atoms with Crippen LogP contribution in [0.2, 0.25) is 0 Å². The lowest BCUT2D eigenvalue weighted by atomic mass is 9.84. The highest BCUT2D eigenvalue weighted by molar-refractivity contribution is 6.12. The van der Waals surface area contributed by atoms with Crippen molar-refractivity contribution in [3.63, 3.8) is 0 Å². The molecule has 3 heterocycles. The number of carbonyl (C=O) groups is 8. The second-order valence-corrected chi connectivity index (χ2v) is 22.1. The highest BCUT2D eigenvalue weighted by atomic mass is 19.1. The number of alkyl carbamates (subject to hydrolysis) is 1. The number of amides is 9. The molecule has 2 aliphatic rings. The Balaban J connectivity index is 1.06. The van der Waals surface area contributed by atoms with Gasteiger partial charge in [0.25, 0.3) is 11.8 Å². The molecular weight excluding hydrogens is 1060 g/mol. The fourth-order valence-corrected chi connectivity index (χ4v) is 10.1. The average molecular weight is 1140 g/mol. The number of anilines is 1. The molecule has 0 spiro atoms. The van der Waals surface area contributed by atoms with Crippen LogP contribution in [0.15, 0.2) is 84.9 Å². The maximum atomic E-state index is 15.3. The zero-order chi connectivity index (χ0) is 59.5. The van der Waals surface area contributed by atoms with E-state index in [1.54, 1.807) is 52.6 Å². The Morgan fingerprint density at radius 1 is 0.878 bits per heavy atom. The van der Waals surface area contributed by atoms with E-state index in [0.29, 0.717) is 62.1 Å². The fourth-order valence-electron chi connectivity index (χ4n) is 10.1. The first-order chi connectivity index (χ1) is 39.1. The Kier molecular flexibility index (Phi) is 23.2. The van der Waals surface area contributed by atoms with Crippen molar-refractivity contribution < 1.29 is 57.0 Å². The molecule has 4 atom stereocenters. The van der Waals surface area contributed by atoms with Crippen molar-refractivity contribution in [3.05, 3.63) is 114 Å².